The topological polar surface area (TPSA) is 116 Å². The van der Waals surface area contributed by atoms with E-state index in [0.29, 0.717) is 17.9 Å². The molecule has 9 nitrogen and oxygen atoms in total. The first kappa shape index (κ1) is 13.9. The monoisotopic (exact) mass is 260 g/mol. The number of carbonyl (C=O) groups excluding carboxylic acids is 3. The van der Waals surface area contributed by atoms with Crippen LogP contribution in [0.5, 0.6) is 0 Å². The predicted octanol–water partition coefficient (Wildman–Crippen LogP) is -0.0278. The molecule has 9 heteroatoms. The van der Waals surface area contributed by atoms with Crippen molar-refractivity contribution in [3.8, 4) is 0 Å². The van der Waals surface area contributed by atoms with Gasteiger partial charge in [0.05, 0.1) is 6.61 Å². The van der Waals surface area contributed by atoms with Crippen LogP contribution in [-0.4, -0.2) is 34.5 Å². The highest BCUT2D eigenvalue weighted by atomic mass is 16.9. The first-order valence-corrected chi connectivity index (χ1v) is 5.34. The molecule has 0 aromatic rings. The zero-order chi connectivity index (χ0) is 13.5. The van der Waals surface area contributed by atoms with Gasteiger partial charge in [-0.2, -0.15) is 0 Å². The van der Waals surface area contributed by atoms with Gasteiger partial charge < -0.3 is 9.68 Å². The van der Waals surface area contributed by atoms with Crippen molar-refractivity contribution < 1.29 is 29.1 Å². The minimum absolute atomic E-state index is 0.0435. The Kier molecular flexibility index (Phi) is 5.03. The molecule has 2 amide bonds. The van der Waals surface area contributed by atoms with E-state index in [9.17, 15) is 24.5 Å². The Morgan fingerprint density at radius 3 is 2.44 bits per heavy atom. The maximum Gasteiger partial charge on any atom is 0.333 e. The third-order valence-corrected chi connectivity index (χ3v) is 2.17. The second-order valence-corrected chi connectivity index (χ2v) is 3.56. The fourth-order valence-corrected chi connectivity index (χ4v) is 1.32. The van der Waals surface area contributed by atoms with E-state index in [4.69, 9.17) is 0 Å². The Morgan fingerprint density at radius 2 is 1.89 bits per heavy atom. The lowest BCUT2D eigenvalue weighted by molar-refractivity contribution is -0.757. The van der Waals surface area contributed by atoms with Gasteiger partial charge in [-0.1, -0.05) is 0 Å². The van der Waals surface area contributed by atoms with Crippen molar-refractivity contribution in [2.45, 2.75) is 32.1 Å². The second-order valence-electron chi connectivity index (χ2n) is 3.56. The molecule has 1 saturated heterocycles. The molecule has 0 atom stereocenters. The summed E-state index contributed by atoms with van der Waals surface area (Å²) in [5.74, 6) is -1.80. The largest absolute Gasteiger partial charge is 0.333 e. The van der Waals surface area contributed by atoms with Crippen LogP contribution in [0, 0.1) is 10.1 Å². The molecule has 0 aliphatic carbocycles. The van der Waals surface area contributed by atoms with Crippen molar-refractivity contribution in [2.75, 3.05) is 6.61 Å². The first-order valence-electron chi connectivity index (χ1n) is 5.34. The van der Waals surface area contributed by atoms with Crippen molar-refractivity contribution in [1.82, 2.24) is 5.06 Å². The number of hydrogen-bond acceptors (Lipinski definition) is 7. The number of nitrogens with zero attached hydrogens (tertiary/aromatic N) is 2. The third kappa shape index (κ3) is 4.36. The Morgan fingerprint density at radius 1 is 1.28 bits per heavy atom. The highest BCUT2D eigenvalue weighted by Gasteiger charge is 2.32. The van der Waals surface area contributed by atoms with E-state index in [2.05, 4.69) is 9.68 Å². The van der Waals surface area contributed by atoms with Crippen molar-refractivity contribution in [2.24, 2.45) is 0 Å². The Labute approximate surface area is 102 Å². The molecule has 0 spiro atoms. The number of hydroxylamine groups is 2. The maximum absolute atomic E-state index is 11.2. The van der Waals surface area contributed by atoms with E-state index in [1.165, 1.54) is 0 Å². The van der Waals surface area contributed by atoms with Crippen molar-refractivity contribution in [3.63, 3.8) is 0 Å². The lowest BCUT2D eigenvalue weighted by Gasteiger charge is -2.12. The molecular formula is C9H12N2O7. The van der Waals surface area contributed by atoms with Crippen LogP contribution in [0.2, 0.25) is 0 Å². The van der Waals surface area contributed by atoms with Crippen LogP contribution in [0.1, 0.15) is 32.1 Å². The number of amides is 2. The average molecular weight is 260 g/mol. The quantitative estimate of drug-likeness (QED) is 0.273. The van der Waals surface area contributed by atoms with Crippen LogP contribution in [-0.2, 0) is 24.1 Å². The molecule has 18 heavy (non-hydrogen) atoms. The van der Waals surface area contributed by atoms with Gasteiger partial charge in [0.1, 0.15) is 0 Å². The molecule has 100 valence electrons. The first-order chi connectivity index (χ1) is 8.50. The minimum atomic E-state index is -0.917. The zero-order valence-corrected chi connectivity index (χ0v) is 9.49. The van der Waals surface area contributed by atoms with Crippen molar-refractivity contribution in [3.05, 3.63) is 10.1 Å². The standard InChI is InChI=1S/C9H12N2O7/c12-7-4-5-8(13)10(7)18-9(14)3-1-2-6-17-11(15)16/h1-6H2. The molecule has 1 aliphatic rings. The number of imide groups is 1. The van der Waals surface area contributed by atoms with Crippen LogP contribution in [0.3, 0.4) is 0 Å². The number of hydrogen-bond donors (Lipinski definition) is 0. The summed E-state index contributed by atoms with van der Waals surface area (Å²) in [5, 5.41) is 9.36. The fraction of sp³-hybridized carbons (Fsp3) is 0.667. The van der Waals surface area contributed by atoms with Gasteiger partial charge in [-0.05, 0) is 12.8 Å². The van der Waals surface area contributed by atoms with Crippen molar-refractivity contribution >= 4 is 17.8 Å². The predicted molar refractivity (Wildman–Crippen MR) is 54.0 cm³/mol. The van der Waals surface area contributed by atoms with Crippen LogP contribution in [0.15, 0.2) is 0 Å². The van der Waals surface area contributed by atoms with Gasteiger partial charge in [-0.3, -0.25) is 9.59 Å². The molecule has 0 aromatic heterocycles. The van der Waals surface area contributed by atoms with E-state index >= 15 is 0 Å². The molecule has 1 heterocycles. The molecule has 1 aliphatic heterocycles. The number of unbranched alkanes of at least 4 members (excludes halogenated alkanes) is 1. The maximum atomic E-state index is 11.2. The van der Waals surface area contributed by atoms with Gasteiger partial charge in [0.15, 0.2) is 0 Å². The van der Waals surface area contributed by atoms with Gasteiger partial charge >= 0.3 is 5.97 Å². The molecule has 0 radical (unpaired) electrons. The summed E-state index contributed by atoms with van der Waals surface area (Å²) in [4.78, 5) is 51.9. The summed E-state index contributed by atoms with van der Waals surface area (Å²) in [6.07, 6.45) is 0.657. The van der Waals surface area contributed by atoms with Gasteiger partial charge in [0.2, 0.25) is 0 Å². The molecule has 0 unspecified atom stereocenters. The van der Waals surface area contributed by atoms with Gasteiger partial charge in [-0.15, -0.1) is 15.2 Å². The van der Waals surface area contributed by atoms with Gasteiger partial charge in [0.25, 0.3) is 16.9 Å². The highest BCUT2D eigenvalue weighted by Crippen LogP contribution is 2.13. The summed E-state index contributed by atoms with van der Waals surface area (Å²) in [6, 6.07) is 0. The SMILES string of the molecule is O=C(CCCCO[N+](=O)[O-])ON1C(=O)CCC1=O. The third-order valence-electron chi connectivity index (χ3n) is 2.17. The summed E-state index contributed by atoms with van der Waals surface area (Å²) >= 11 is 0. The van der Waals surface area contributed by atoms with E-state index in [1.807, 2.05) is 0 Å². The Balaban J connectivity index is 2.16. The molecule has 0 saturated carbocycles. The molecular weight excluding hydrogens is 248 g/mol. The van der Waals surface area contributed by atoms with E-state index in [0.717, 1.165) is 0 Å². The van der Waals surface area contributed by atoms with E-state index in [-0.39, 0.29) is 25.9 Å². The smallest absolute Gasteiger partial charge is 0.330 e. The number of rotatable bonds is 7. The van der Waals surface area contributed by atoms with E-state index < -0.39 is 22.9 Å². The molecule has 0 N–H and O–H groups in total. The second kappa shape index (κ2) is 6.52. The van der Waals surface area contributed by atoms with Crippen molar-refractivity contribution in [1.29, 1.82) is 0 Å². The average Bonchev–Trinajstić information content (AvgIpc) is 2.60. The minimum Gasteiger partial charge on any atom is -0.330 e. The lowest BCUT2D eigenvalue weighted by Crippen LogP contribution is -2.31. The Bertz CT molecular complexity index is 352. The molecule has 0 bridgehead atoms. The van der Waals surface area contributed by atoms with Crippen LogP contribution >= 0.6 is 0 Å². The highest BCUT2D eigenvalue weighted by molar-refractivity contribution is 6.01. The van der Waals surface area contributed by atoms with Crippen LogP contribution in [0.25, 0.3) is 0 Å². The van der Waals surface area contributed by atoms with Crippen LogP contribution in [0.4, 0.5) is 0 Å². The number of carbonyl (C=O) groups is 3. The normalized spacial score (nSPS) is 14.8. The van der Waals surface area contributed by atoms with Crippen LogP contribution < -0.4 is 0 Å². The molecule has 0 aromatic carbocycles. The summed E-state index contributed by atoms with van der Waals surface area (Å²) < 4.78 is 0. The zero-order valence-electron chi connectivity index (χ0n) is 9.49. The molecule has 1 fully saturated rings. The summed E-state index contributed by atoms with van der Waals surface area (Å²) in [5.41, 5.74) is 0. The van der Waals surface area contributed by atoms with Gasteiger partial charge in [-0.25, -0.2) is 4.79 Å². The fourth-order valence-electron chi connectivity index (χ4n) is 1.32. The Hall–Kier alpha value is -2.19. The van der Waals surface area contributed by atoms with Gasteiger partial charge in [0, 0.05) is 19.3 Å². The summed E-state index contributed by atoms with van der Waals surface area (Å²) in [6.45, 7) is -0.109. The molecule has 1 rings (SSSR count). The summed E-state index contributed by atoms with van der Waals surface area (Å²) in [7, 11) is 0. The van der Waals surface area contributed by atoms with E-state index in [1.54, 1.807) is 0 Å². The lowest BCUT2D eigenvalue weighted by atomic mass is 10.2.